The molecule has 0 aliphatic rings. The topological polar surface area (TPSA) is 36.4 Å². The molecule has 0 aromatic carbocycles. The first kappa shape index (κ1) is 12.9. The van der Waals surface area contributed by atoms with Crippen LogP contribution in [0.25, 0.3) is 0 Å². The molecule has 1 aromatic heterocycles. The third kappa shape index (κ3) is 3.17. The van der Waals surface area contributed by atoms with Crippen molar-refractivity contribution in [1.29, 1.82) is 0 Å². The molecule has 1 N–H and O–H groups in total. The molecule has 0 amide bonds. The van der Waals surface area contributed by atoms with Crippen molar-refractivity contribution >= 4 is 5.82 Å². The largest absolute Gasteiger partial charge is 0.392 e. The maximum Gasteiger partial charge on any atom is 0.142 e. The fourth-order valence-corrected chi connectivity index (χ4v) is 1.74. The van der Waals surface area contributed by atoms with E-state index in [4.69, 9.17) is 0 Å². The van der Waals surface area contributed by atoms with E-state index in [1.807, 2.05) is 0 Å². The van der Waals surface area contributed by atoms with Gasteiger partial charge in [-0.25, -0.2) is 9.37 Å². The lowest BCUT2D eigenvalue weighted by atomic mass is 10.2. The van der Waals surface area contributed by atoms with Crippen LogP contribution in [-0.4, -0.2) is 23.2 Å². The SMILES string of the molecule is CCCN(CCC)c1ncc(F)cc1CO. The summed E-state index contributed by atoms with van der Waals surface area (Å²) in [5, 5.41) is 9.19. The van der Waals surface area contributed by atoms with Crippen LogP contribution in [0.5, 0.6) is 0 Å². The minimum Gasteiger partial charge on any atom is -0.392 e. The molecule has 1 aromatic rings. The van der Waals surface area contributed by atoms with Crippen molar-refractivity contribution in [3.8, 4) is 0 Å². The average Bonchev–Trinajstić information content (AvgIpc) is 2.28. The first-order chi connectivity index (χ1) is 7.72. The second-order valence-corrected chi connectivity index (χ2v) is 3.78. The predicted molar refractivity (Wildman–Crippen MR) is 62.9 cm³/mol. The Bertz CT molecular complexity index is 325. The highest BCUT2D eigenvalue weighted by Crippen LogP contribution is 2.19. The van der Waals surface area contributed by atoms with Gasteiger partial charge >= 0.3 is 0 Å². The smallest absolute Gasteiger partial charge is 0.142 e. The second kappa shape index (κ2) is 6.43. The molecule has 0 saturated heterocycles. The average molecular weight is 226 g/mol. The molecule has 0 bridgehead atoms. The van der Waals surface area contributed by atoms with E-state index < -0.39 is 5.82 Å². The van der Waals surface area contributed by atoms with E-state index in [1.54, 1.807) is 0 Å². The minimum absolute atomic E-state index is 0.177. The van der Waals surface area contributed by atoms with E-state index in [1.165, 1.54) is 12.3 Å². The van der Waals surface area contributed by atoms with E-state index in [-0.39, 0.29) is 6.61 Å². The minimum atomic E-state index is -0.402. The van der Waals surface area contributed by atoms with Gasteiger partial charge in [0.15, 0.2) is 0 Å². The Morgan fingerprint density at radius 3 is 2.44 bits per heavy atom. The van der Waals surface area contributed by atoms with Crippen molar-refractivity contribution in [2.75, 3.05) is 18.0 Å². The maximum atomic E-state index is 13.0. The summed E-state index contributed by atoms with van der Waals surface area (Å²) >= 11 is 0. The molecule has 0 atom stereocenters. The molecule has 0 fully saturated rings. The third-order valence-corrected chi connectivity index (χ3v) is 2.37. The Hall–Kier alpha value is -1.16. The van der Waals surface area contributed by atoms with Gasteiger partial charge in [-0.15, -0.1) is 0 Å². The van der Waals surface area contributed by atoms with E-state index in [0.717, 1.165) is 25.9 Å². The second-order valence-electron chi connectivity index (χ2n) is 3.78. The molecular weight excluding hydrogens is 207 g/mol. The van der Waals surface area contributed by atoms with Crippen LogP contribution in [0.15, 0.2) is 12.3 Å². The zero-order chi connectivity index (χ0) is 12.0. The first-order valence-electron chi connectivity index (χ1n) is 5.73. The normalized spacial score (nSPS) is 10.5. The van der Waals surface area contributed by atoms with Crippen LogP contribution in [0.3, 0.4) is 0 Å². The first-order valence-corrected chi connectivity index (χ1v) is 5.73. The fraction of sp³-hybridized carbons (Fsp3) is 0.583. The molecule has 16 heavy (non-hydrogen) atoms. The standard InChI is InChI=1S/C12H19FN2O/c1-3-5-15(6-4-2)12-10(9-16)7-11(13)8-14-12/h7-8,16H,3-6,9H2,1-2H3. The number of aromatic nitrogens is 1. The highest BCUT2D eigenvalue weighted by atomic mass is 19.1. The number of rotatable bonds is 6. The van der Waals surface area contributed by atoms with Crippen molar-refractivity contribution < 1.29 is 9.50 Å². The number of aliphatic hydroxyl groups is 1. The summed E-state index contributed by atoms with van der Waals surface area (Å²) in [6, 6.07) is 1.35. The molecule has 1 heterocycles. The van der Waals surface area contributed by atoms with Crippen LogP contribution in [0.1, 0.15) is 32.3 Å². The molecule has 0 unspecified atom stereocenters. The number of pyridine rings is 1. The van der Waals surface area contributed by atoms with Gasteiger partial charge in [-0.1, -0.05) is 13.8 Å². The number of nitrogens with zero attached hydrogens (tertiary/aromatic N) is 2. The summed E-state index contributed by atoms with van der Waals surface area (Å²) < 4.78 is 13.0. The van der Waals surface area contributed by atoms with Gasteiger partial charge in [-0.3, -0.25) is 0 Å². The molecule has 0 aliphatic heterocycles. The number of hydrogen-bond donors (Lipinski definition) is 1. The van der Waals surface area contributed by atoms with Crippen molar-refractivity contribution in [2.45, 2.75) is 33.3 Å². The van der Waals surface area contributed by atoms with E-state index in [9.17, 15) is 9.50 Å². The number of hydrogen-bond acceptors (Lipinski definition) is 3. The highest BCUT2D eigenvalue weighted by Gasteiger charge is 2.11. The lowest BCUT2D eigenvalue weighted by molar-refractivity contribution is 0.281. The van der Waals surface area contributed by atoms with Gasteiger partial charge in [-0.05, 0) is 18.9 Å². The quantitative estimate of drug-likeness (QED) is 0.808. The van der Waals surface area contributed by atoms with Gasteiger partial charge in [0.05, 0.1) is 12.8 Å². The zero-order valence-electron chi connectivity index (χ0n) is 9.91. The van der Waals surface area contributed by atoms with Gasteiger partial charge in [0.25, 0.3) is 0 Å². The summed E-state index contributed by atoms with van der Waals surface area (Å²) in [4.78, 5) is 6.17. The van der Waals surface area contributed by atoms with Gasteiger partial charge in [-0.2, -0.15) is 0 Å². The lowest BCUT2D eigenvalue weighted by Gasteiger charge is -2.24. The van der Waals surface area contributed by atoms with Gasteiger partial charge in [0.1, 0.15) is 11.6 Å². The Morgan fingerprint density at radius 1 is 1.31 bits per heavy atom. The summed E-state index contributed by atoms with van der Waals surface area (Å²) in [7, 11) is 0. The van der Waals surface area contributed by atoms with Crippen molar-refractivity contribution in [2.24, 2.45) is 0 Å². The molecule has 0 radical (unpaired) electrons. The number of halogens is 1. The molecule has 0 spiro atoms. The van der Waals surface area contributed by atoms with Crippen LogP contribution in [0.2, 0.25) is 0 Å². The van der Waals surface area contributed by atoms with Gasteiger partial charge in [0, 0.05) is 18.7 Å². The Labute approximate surface area is 95.9 Å². The third-order valence-electron chi connectivity index (χ3n) is 2.37. The number of aliphatic hydroxyl groups excluding tert-OH is 1. The Kier molecular flexibility index (Phi) is 5.19. The molecular formula is C12H19FN2O. The van der Waals surface area contributed by atoms with Crippen molar-refractivity contribution in [3.63, 3.8) is 0 Å². The number of anilines is 1. The highest BCUT2D eigenvalue weighted by molar-refractivity contribution is 5.46. The molecule has 3 nitrogen and oxygen atoms in total. The van der Waals surface area contributed by atoms with Crippen LogP contribution >= 0.6 is 0 Å². The molecule has 4 heteroatoms. The maximum absolute atomic E-state index is 13.0. The van der Waals surface area contributed by atoms with Crippen LogP contribution in [0, 0.1) is 5.82 Å². The van der Waals surface area contributed by atoms with Crippen molar-refractivity contribution in [1.82, 2.24) is 4.98 Å². The van der Waals surface area contributed by atoms with E-state index >= 15 is 0 Å². The summed E-state index contributed by atoms with van der Waals surface area (Å²) in [6.45, 7) is 5.75. The van der Waals surface area contributed by atoms with Gasteiger partial charge < -0.3 is 10.0 Å². The predicted octanol–water partition coefficient (Wildman–Crippen LogP) is 2.34. The lowest BCUT2D eigenvalue weighted by Crippen LogP contribution is -2.27. The molecule has 1 rings (SSSR count). The van der Waals surface area contributed by atoms with Crippen LogP contribution in [-0.2, 0) is 6.61 Å². The fourth-order valence-electron chi connectivity index (χ4n) is 1.74. The molecule has 0 aliphatic carbocycles. The van der Waals surface area contributed by atoms with Crippen LogP contribution in [0.4, 0.5) is 10.2 Å². The van der Waals surface area contributed by atoms with Crippen molar-refractivity contribution in [3.05, 3.63) is 23.6 Å². The summed E-state index contributed by atoms with van der Waals surface area (Å²) in [5.74, 6) is 0.299. The van der Waals surface area contributed by atoms with Crippen LogP contribution < -0.4 is 4.90 Å². The monoisotopic (exact) mass is 226 g/mol. The Morgan fingerprint density at radius 2 is 1.94 bits per heavy atom. The van der Waals surface area contributed by atoms with E-state index in [0.29, 0.717) is 11.4 Å². The summed E-state index contributed by atoms with van der Waals surface area (Å²) in [5.41, 5.74) is 0.557. The van der Waals surface area contributed by atoms with E-state index in [2.05, 4.69) is 23.7 Å². The zero-order valence-corrected chi connectivity index (χ0v) is 9.91. The van der Waals surface area contributed by atoms with Gasteiger partial charge in [0.2, 0.25) is 0 Å². The molecule has 90 valence electrons. The molecule has 0 saturated carbocycles. The Balaban J connectivity index is 2.97. The summed E-state index contributed by atoms with van der Waals surface area (Å²) in [6.07, 6.45) is 3.21.